The minimum absolute atomic E-state index is 0.118. The maximum Gasteiger partial charge on any atom is 0.254 e. The number of carbonyl (C=O) groups excluding carboxylic acids is 1. The fourth-order valence-electron chi connectivity index (χ4n) is 2.83. The Morgan fingerprint density at radius 2 is 1.96 bits per heavy atom. The number of aromatic amines is 1. The highest BCUT2D eigenvalue weighted by Gasteiger charge is 2.18. The molecular weight excluding hydrogens is 336 g/mol. The first-order valence-electron chi connectivity index (χ1n) is 8.44. The van der Waals surface area contributed by atoms with Crippen LogP contribution in [0, 0.1) is 4.64 Å². The molecule has 1 saturated heterocycles. The second kappa shape index (κ2) is 8.68. The van der Waals surface area contributed by atoms with Crippen molar-refractivity contribution in [1.29, 1.82) is 0 Å². The summed E-state index contributed by atoms with van der Waals surface area (Å²) in [5.41, 5.74) is 0.522. The van der Waals surface area contributed by atoms with Crippen molar-refractivity contribution in [2.24, 2.45) is 0 Å². The van der Waals surface area contributed by atoms with E-state index in [9.17, 15) is 4.79 Å². The van der Waals surface area contributed by atoms with Crippen LogP contribution in [0.3, 0.4) is 0 Å². The van der Waals surface area contributed by atoms with Gasteiger partial charge in [-0.25, -0.2) is 9.97 Å². The van der Waals surface area contributed by atoms with Crippen LogP contribution < -0.4 is 10.2 Å². The van der Waals surface area contributed by atoms with E-state index in [0.717, 1.165) is 45.1 Å². The number of anilines is 1. The average molecular weight is 358 g/mol. The highest BCUT2D eigenvalue weighted by Crippen LogP contribution is 2.09. The molecule has 3 heterocycles. The molecule has 1 aliphatic heterocycles. The van der Waals surface area contributed by atoms with Gasteiger partial charge in [-0.05, 0) is 31.2 Å². The summed E-state index contributed by atoms with van der Waals surface area (Å²) in [7, 11) is 0. The maximum absolute atomic E-state index is 12.1. The van der Waals surface area contributed by atoms with E-state index in [4.69, 9.17) is 12.2 Å². The van der Waals surface area contributed by atoms with Crippen LogP contribution in [0.2, 0.25) is 0 Å². The molecule has 1 fully saturated rings. The number of hydrogen-bond acceptors (Lipinski definition) is 6. The number of H-pyrrole nitrogens is 1. The molecule has 1 aliphatic rings. The molecule has 25 heavy (non-hydrogen) atoms. The summed E-state index contributed by atoms with van der Waals surface area (Å²) in [5.74, 6) is 0.682. The molecule has 2 aromatic heterocycles. The minimum atomic E-state index is -0.118. The number of amides is 1. The van der Waals surface area contributed by atoms with E-state index < -0.39 is 0 Å². The third kappa shape index (κ3) is 4.83. The molecule has 2 N–H and O–H groups in total. The number of rotatable bonds is 6. The number of carbonyl (C=O) groups is 1. The number of piperazine rings is 1. The molecule has 8 heteroatoms. The van der Waals surface area contributed by atoms with Gasteiger partial charge in [0, 0.05) is 51.3 Å². The first-order valence-corrected chi connectivity index (χ1v) is 8.85. The highest BCUT2D eigenvalue weighted by molar-refractivity contribution is 7.71. The molecular formula is C17H22N6OS. The summed E-state index contributed by atoms with van der Waals surface area (Å²) < 4.78 is 0.472. The molecule has 0 spiro atoms. The standard InChI is InChI=1S/C17H22N6OS/c24-15(14-4-1-5-19-16(14)25)18-8-3-9-22-10-12-23(13-11-22)17-20-6-2-7-21-17/h1-2,4-7H,3,8-13H2,(H,18,24)(H,19,25). The Hall–Kier alpha value is -2.32. The van der Waals surface area contributed by atoms with Crippen molar-refractivity contribution in [3.63, 3.8) is 0 Å². The lowest BCUT2D eigenvalue weighted by Gasteiger charge is -2.34. The van der Waals surface area contributed by atoms with Gasteiger partial charge >= 0.3 is 0 Å². The first-order chi connectivity index (χ1) is 12.2. The molecule has 0 unspecified atom stereocenters. The topological polar surface area (TPSA) is 77.2 Å². The zero-order chi connectivity index (χ0) is 17.5. The Balaban J connectivity index is 1.36. The van der Waals surface area contributed by atoms with E-state index in [1.165, 1.54) is 0 Å². The number of pyridine rings is 1. The van der Waals surface area contributed by atoms with Crippen molar-refractivity contribution in [2.45, 2.75) is 6.42 Å². The molecule has 0 aliphatic carbocycles. The summed E-state index contributed by atoms with van der Waals surface area (Å²) in [6.07, 6.45) is 6.18. The molecule has 0 saturated carbocycles. The molecule has 3 rings (SSSR count). The quantitative estimate of drug-likeness (QED) is 0.602. The predicted octanol–water partition coefficient (Wildman–Crippen LogP) is 1.48. The molecule has 7 nitrogen and oxygen atoms in total. The Bertz CT molecular complexity index is 742. The minimum Gasteiger partial charge on any atom is -0.352 e. The van der Waals surface area contributed by atoms with Gasteiger partial charge in [0.25, 0.3) is 5.91 Å². The second-order valence-electron chi connectivity index (χ2n) is 5.90. The largest absolute Gasteiger partial charge is 0.352 e. The summed E-state index contributed by atoms with van der Waals surface area (Å²) >= 11 is 5.12. The molecule has 0 aromatic carbocycles. The maximum atomic E-state index is 12.1. The molecule has 0 bridgehead atoms. The van der Waals surface area contributed by atoms with Crippen LogP contribution in [0.25, 0.3) is 0 Å². The number of nitrogens with zero attached hydrogens (tertiary/aromatic N) is 4. The Morgan fingerprint density at radius 3 is 2.68 bits per heavy atom. The molecule has 1 amide bonds. The zero-order valence-corrected chi connectivity index (χ0v) is 14.8. The van der Waals surface area contributed by atoms with Crippen LogP contribution in [0.15, 0.2) is 36.8 Å². The summed E-state index contributed by atoms with van der Waals surface area (Å²) in [4.78, 5) is 28.2. The van der Waals surface area contributed by atoms with E-state index in [0.29, 0.717) is 16.7 Å². The lowest BCUT2D eigenvalue weighted by atomic mass is 10.2. The summed E-state index contributed by atoms with van der Waals surface area (Å²) in [6, 6.07) is 5.34. The Kier molecular flexibility index (Phi) is 6.08. The normalized spacial score (nSPS) is 15.1. The molecule has 0 atom stereocenters. The van der Waals surface area contributed by atoms with Crippen molar-refractivity contribution in [3.05, 3.63) is 47.0 Å². The van der Waals surface area contributed by atoms with E-state index in [-0.39, 0.29) is 5.91 Å². The van der Waals surface area contributed by atoms with Crippen LogP contribution in [-0.2, 0) is 0 Å². The lowest BCUT2D eigenvalue weighted by molar-refractivity contribution is 0.0950. The van der Waals surface area contributed by atoms with Crippen LogP contribution in [-0.4, -0.2) is 65.0 Å². The lowest BCUT2D eigenvalue weighted by Crippen LogP contribution is -2.47. The van der Waals surface area contributed by atoms with Crippen LogP contribution >= 0.6 is 12.2 Å². The monoisotopic (exact) mass is 358 g/mol. The number of hydrogen-bond donors (Lipinski definition) is 2. The smallest absolute Gasteiger partial charge is 0.254 e. The van der Waals surface area contributed by atoms with Gasteiger partial charge in [-0.2, -0.15) is 0 Å². The average Bonchev–Trinajstić information content (AvgIpc) is 2.66. The van der Waals surface area contributed by atoms with E-state index in [1.807, 2.05) is 6.07 Å². The predicted molar refractivity (Wildman–Crippen MR) is 99.3 cm³/mol. The van der Waals surface area contributed by atoms with Crippen molar-refractivity contribution in [3.8, 4) is 0 Å². The van der Waals surface area contributed by atoms with Crippen LogP contribution in [0.5, 0.6) is 0 Å². The summed E-state index contributed by atoms with van der Waals surface area (Å²) in [6.45, 7) is 5.42. The van der Waals surface area contributed by atoms with Crippen LogP contribution in [0.1, 0.15) is 16.8 Å². The van der Waals surface area contributed by atoms with E-state index in [2.05, 4.69) is 30.1 Å². The van der Waals surface area contributed by atoms with Crippen molar-refractivity contribution < 1.29 is 4.79 Å². The van der Waals surface area contributed by atoms with E-state index in [1.54, 1.807) is 30.7 Å². The van der Waals surface area contributed by atoms with Gasteiger partial charge in [-0.1, -0.05) is 12.2 Å². The highest BCUT2D eigenvalue weighted by atomic mass is 32.1. The van der Waals surface area contributed by atoms with Gasteiger partial charge in [0.1, 0.15) is 4.64 Å². The summed E-state index contributed by atoms with van der Waals surface area (Å²) in [5, 5.41) is 2.93. The van der Waals surface area contributed by atoms with Gasteiger partial charge in [0.2, 0.25) is 5.95 Å². The SMILES string of the molecule is O=C(NCCCN1CCN(c2ncccn2)CC1)c1ccc[nH]c1=S. The fraction of sp³-hybridized carbons (Fsp3) is 0.412. The third-order valence-electron chi connectivity index (χ3n) is 4.21. The second-order valence-corrected chi connectivity index (χ2v) is 6.31. The van der Waals surface area contributed by atoms with Gasteiger partial charge in [0.05, 0.1) is 5.56 Å². The Labute approximate surface area is 152 Å². The molecule has 0 radical (unpaired) electrons. The van der Waals surface area contributed by atoms with Crippen molar-refractivity contribution in [2.75, 3.05) is 44.2 Å². The Morgan fingerprint density at radius 1 is 1.20 bits per heavy atom. The van der Waals surface area contributed by atoms with E-state index >= 15 is 0 Å². The zero-order valence-electron chi connectivity index (χ0n) is 14.0. The van der Waals surface area contributed by atoms with Gasteiger partial charge < -0.3 is 15.2 Å². The number of aromatic nitrogens is 3. The van der Waals surface area contributed by atoms with Gasteiger partial charge in [-0.3, -0.25) is 9.69 Å². The first kappa shape index (κ1) is 17.5. The van der Waals surface area contributed by atoms with Crippen molar-refractivity contribution >= 4 is 24.1 Å². The third-order valence-corrected chi connectivity index (χ3v) is 4.54. The molecule has 2 aromatic rings. The van der Waals surface area contributed by atoms with Gasteiger partial charge in [0.15, 0.2) is 0 Å². The van der Waals surface area contributed by atoms with Crippen molar-refractivity contribution in [1.82, 2.24) is 25.2 Å². The van der Waals surface area contributed by atoms with Crippen LogP contribution in [0.4, 0.5) is 5.95 Å². The van der Waals surface area contributed by atoms with Gasteiger partial charge in [-0.15, -0.1) is 0 Å². The molecule has 132 valence electrons. The number of nitrogens with one attached hydrogen (secondary N) is 2. The fourth-order valence-corrected chi connectivity index (χ4v) is 3.05.